The Morgan fingerprint density at radius 2 is 1.94 bits per heavy atom. The van der Waals surface area contributed by atoms with Gasteiger partial charge in [-0.25, -0.2) is 0 Å². The highest BCUT2D eigenvalue weighted by Crippen LogP contribution is 2.36. The highest BCUT2D eigenvalue weighted by molar-refractivity contribution is 4.92. The third kappa shape index (κ3) is 3.74. The molecule has 0 heterocycles. The fraction of sp³-hybridized carbons (Fsp3) is 1.00. The van der Waals surface area contributed by atoms with Crippen LogP contribution in [0.25, 0.3) is 0 Å². The average Bonchev–Trinajstić information content (AvgIpc) is 3.16. The zero-order chi connectivity index (χ0) is 11.4. The molecule has 2 aliphatic rings. The topological polar surface area (TPSA) is 15.3 Å². The van der Waals surface area contributed by atoms with Gasteiger partial charge in [0.25, 0.3) is 0 Å². The lowest BCUT2D eigenvalue weighted by Gasteiger charge is -2.31. The van der Waals surface area contributed by atoms with Gasteiger partial charge >= 0.3 is 0 Å². The monoisotopic (exact) mass is 224 g/mol. The summed E-state index contributed by atoms with van der Waals surface area (Å²) in [6.45, 7) is 8.36. The maximum Gasteiger partial charge on any atom is 0.0221 e. The molecule has 0 aromatic rings. The van der Waals surface area contributed by atoms with Gasteiger partial charge in [-0.3, -0.25) is 4.90 Å². The molecule has 94 valence electrons. The van der Waals surface area contributed by atoms with E-state index in [-0.39, 0.29) is 0 Å². The second-order valence-corrected chi connectivity index (χ2v) is 5.64. The molecular weight excluding hydrogens is 196 g/mol. The van der Waals surface area contributed by atoms with Crippen molar-refractivity contribution in [2.75, 3.05) is 19.6 Å². The molecule has 16 heavy (non-hydrogen) atoms. The molecule has 0 saturated heterocycles. The minimum absolute atomic E-state index is 0.791. The minimum Gasteiger partial charge on any atom is -0.315 e. The van der Waals surface area contributed by atoms with Crippen LogP contribution in [0.4, 0.5) is 0 Å². The molecule has 0 spiro atoms. The van der Waals surface area contributed by atoms with Crippen molar-refractivity contribution in [1.82, 2.24) is 10.2 Å². The molecule has 2 fully saturated rings. The average molecular weight is 224 g/mol. The summed E-state index contributed by atoms with van der Waals surface area (Å²) in [6.07, 6.45) is 8.44. The molecule has 0 amide bonds. The first-order valence-electron chi connectivity index (χ1n) is 7.31. The van der Waals surface area contributed by atoms with Gasteiger partial charge in [0.05, 0.1) is 0 Å². The summed E-state index contributed by atoms with van der Waals surface area (Å²) in [6, 6.07) is 1.73. The summed E-state index contributed by atoms with van der Waals surface area (Å²) in [4.78, 5) is 2.82. The van der Waals surface area contributed by atoms with Crippen molar-refractivity contribution in [2.24, 2.45) is 5.92 Å². The highest BCUT2D eigenvalue weighted by Gasteiger charge is 2.36. The summed E-state index contributed by atoms with van der Waals surface area (Å²) < 4.78 is 0. The lowest BCUT2D eigenvalue weighted by atomic mass is 10.1. The Bertz CT molecular complexity index is 197. The normalized spacial score (nSPS) is 22.7. The van der Waals surface area contributed by atoms with E-state index in [2.05, 4.69) is 24.1 Å². The third-order valence-electron chi connectivity index (χ3n) is 3.93. The maximum atomic E-state index is 3.60. The van der Waals surface area contributed by atoms with Crippen LogP contribution in [0.1, 0.15) is 52.4 Å². The Balaban J connectivity index is 1.77. The Kier molecular flexibility index (Phi) is 4.66. The number of hydrogen-bond acceptors (Lipinski definition) is 2. The lowest BCUT2D eigenvalue weighted by Crippen LogP contribution is -2.44. The lowest BCUT2D eigenvalue weighted by molar-refractivity contribution is 0.169. The second-order valence-electron chi connectivity index (χ2n) is 5.64. The highest BCUT2D eigenvalue weighted by atomic mass is 15.2. The largest absolute Gasteiger partial charge is 0.315 e. The van der Waals surface area contributed by atoms with Crippen LogP contribution < -0.4 is 5.32 Å². The molecule has 0 aliphatic heterocycles. The van der Waals surface area contributed by atoms with Crippen LogP contribution in [0, 0.1) is 5.92 Å². The fourth-order valence-electron chi connectivity index (χ4n) is 2.54. The van der Waals surface area contributed by atoms with E-state index in [0.717, 1.165) is 18.0 Å². The molecule has 1 atom stereocenters. The van der Waals surface area contributed by atoms with E-state index in [1.807, 2.05) is 0 Å². The Morgan fingerprint density at radius 1 is 1.19 bits per heavy atom. The van der Waals surface area contributed by atoms with E-state index in [0.29, 0.717) is 0 Å². The molecule has 2 nitrogen and oxygen atoms in total. The molecule has 0 bridgehead atoms. The molecule has 2 heteroatoms. The molecule has 2 rings (SSSR count). The van der Waals surface area contributed by atoms with Crippen LogP contribution in [-0.2, 0) is 0 Å². The first-order chi connectivity index (χ1) is 7.85. The summed E-state index contributed by atoms with van der Waals surface area (Å²) in [5, 5.41) is 3.60. The second kappa shape index (κ2) is 6.02. The number of nitrogens with one attached hydrogen (secondary N) is 1. The SMILES string of the molecule is CCCNCC(CC)N(CC1CC1)C1CC1. The van der Waals surface area contributed by atoms with E-state index in [1.54, 1.807) is 0 Å². The zero-order valence-electron chi connectivity index (χ0n) is 11.0. The number of nitrogens with zero attached hydrogens (tertiary/aromatic N) is 1. The summed E-state index contributed by atoms with van der Waals surface area (Å²) in [5.41, 5.74) is 0. The van der Waals surface area contributed by atoms with E-state index in [4.69, 9.17) is 0 Å². The molecule has 1 unspecified atom stereocenters. The van der Waals surface area contributed by atoms with Crippen molar-refractivity contribution in [3.05, 3.63) is 0 Å². The quantitative estimate of drug-likeness (QED) is 0.606. The van der Waals surface area contributed by atoms with Crippen molar-refractivity contribution in [3.63, 3.8) is 0 Å². The smallest absolute Gasteiger partial charge is 0.0221 e. The first kappa shape index (κ1) is 12.4. The van der Waals surface area contributed by atoms with Crippen molar-refractivity contribution >= 4 is 0 Å². The van der Waals surface area contributed by atoms with Gasteiger partial charge in [0, 0.05) is 25.2 Å². The molecular formula is C14H28N2. The van der Waals surface area contributed by atoms with Crippen molar-refractivity contribution in [3.8, 4) is 0 Å². The predicted molar refractivity (Wildman–Crippen MR) is 69.7 cm³/mol. The van der Waals surface area contributed by atoms with Crippen molar-refractivity contribution < 1.29 is 0 Å². The van der Waals surface area contributed by atoms with Gasteiger partial charge in [0.1, 0.15) is 0 Å². The Morgan fingerprint density at radius 3 is 2.44 bits per heavy atom. The van der Waals surface area contributed by atoms with Gasteiger partial charge in [-0.05, 0) is 51.0 Å². The van der Waals surface area contributed by atoms with Crippen LogP contribution in [0.2, 0.25) is 0 Å². The fourth-order valence-corrected chi connectivity index (χ4v) is 2.54. The standard InChI is InChI=1S/C14H28N2/c1-3-9-15-10-13(4-2)16(14-7-8-14)11-12-5-6-12/h12-15H,3-11H2,1-2H3. The minimum atomic E-state index is 0.791. The molecule has 2 saturated carbocycles. The predicted octanol–water partition coefficient (Wildman–Crippen LogP) is 2.64. The van der Waals surface area contributed by atoms with Gasteiger partial charge in [0.2, 0.25) is 0 Å². The summed E-state index contributed by atoms with van der Waals surface area (Å²) in [7, 11) is 0. The van der Waals surface area contributed by atoms with Gasteiger partial charge in [-0.15, -0.1) is 0 Å². The summed E-state index contributed by atoms with van der Waals surface area (Å²) in [5.74, 6) is 1.04. The van der Waals surface area contributed by atoms with Crippen LogP contribution in [0.15, 0.2) is 0 Å². The molecule has 0 radical (unpaired) electrons. The van der Waals surface area contributed by atoms with E-state index in [1.165, 1.54) is 58.2 Å². The Hall–Kier alpha value is -0.0800. The zero-order valence-corrected chi connectivity index (χ0v) is 11.0. The molecule has 0 aromatic heterocycles. The van der Waals surface area contributed by atoms with E-state index >= 15 is 0 Å². The summed E-state index contributed by atoms with van der Waals surface area (Å²) >= 11 is 0. The van der Waals surface area contributed by atoms with E-state index in [9.17, 15) is 0 Å². The van der Waals surface area contributed by atoms with Gasteiger partial charge in [0.15, 0.2) is 0 Å². The Labute approximate surface area is 101 Å². The van der Waals surface area contributed by atoms with Crippen molar-refractivity contribution in [2.45, 2.75) is 64.5 Å². The van der Waals surface area contributed by atoms with Crippen LogP contribution in [-0.4, -0.2) is 36.6 Å². The third-order valence-corrected chi connectivity index (χ3v) is 3.93. The molecule has 2 aliphatic carbocycles. The van der Waals surface area contributed by atoms with Crippen LogP contribution in [0.5, 0.6) is 0 Å². The van der Waals surface area contributed by atoms with E-state index < -0.39 is 0 Å². The molecule has 0 aromatic carbocycles. The van der Waals surface area contributed by atoms with Gasteiger partial charge in [-0.1, -0.05) is 13.8 Å². The van der Waals surface area contributed by atoms with Gasteiger partial charge in [-0.2, -0.15) is 0 Å². The number of rotatable bonds is 9. The van der Waals surface area contributed by atoms with Gasteiger partial charge < -0.3 is 5.32 Å². The first-order valence-corrected chi connectivity index (χ1v) is 7.31. The van der Waals surface area contributed by atoms with Crippen molar-refractivity contribution in [1.29, 1.82) is 0 Å². The van der Waals surface area contributed by atoms with Crippen LogP contribution in [0.3, 0.4) is 0 Å². The number of hydrogen-bond donors (Lipinski definition) is 1. The van der Waals surface area contributed by atoms with Crippen LogP contribution >= 0.6 is 0 Å². The molecule has 1 N–H and O–H groups in total. The maximum absolute atomic E-state index is 3.60.